The first kappa shape index (κ1) is 21.7. The van der Waals surface area contributed by atoms with Crippen molar-refractivity contribution in [1.82, 2.24) is 14.8 Å². The summed E-state index contributed by atoms with van der Waals surface area (Å²) in [5.74, 6) is 2.42. The van der Waals surface area contributed by atoms with Gasteiger partial charge in [-0.1, -0.05) is 54.2 Å². The van der Waals surface area contributed by atoms with Crippen LogP contribution in [0.15, 0.2) is 71.9 Å². The van der Waals surface area contributed by atoms with Crippen LogP contribution in [0.3, 0.4) is 0 Å². The largest absolute Gasteiger partial charge is 0.454 e. The predicted octanol–water partition coefficient (Wildman–Crippen LogP) is 4.94. The summed E-state index contributed by atoms with van der Waals surface area (Å²) in [5, 5.41) is 12.6. The highest BCUT2D eigenvalue weighted by atomic mass is 32.2. The van der Waals surface area contributed by atoms with Gasteiger partial charge in [-0.05, 0) is 60.2 Å². The minimum absolute atomic E-state index is 0.0631. The number of amides is 1. The molecule has 0 atom stereocenters. The van der Waals surface area contributed by atoms with Crippen LogP contribution >= 0.6 is 11.8 Å². The second-order valence-corrected chi connectivity index (χ2v) is 9.56. The van der Waals surface area contributed by atoms with Crippen LogP contribution in [-0.2, 0) is 24.2 Å². The molecule has 35 heavy (non-hydrogen) atoms. The normalized spacial score (nSPS) is 13.6. The molecule has 0 bridgehead atoms. The van der Waals surface area contributed by atoms with Crippen molar-refractivity contribution in [1.29, 1.82) is 0 Å². The first-order valence-electron chi connectivity index (χ1n) is 11.6. The van der Waals surface area contributed by atoms with Gasteiger partial charge in [-0.3, -0.25) is 9.36 Å². The number of ether oxygens (including phenoxy) is 2. The van der Waals surface area contributed by atoms with E-state index in [0.717, 1.165) is 47.0 Å². The molecule has 1 amide bonds. The van der Waals surface area contributed by atoms with Gasteiger partial charge in [-0.2, -0.15) is 0 Å². The number of nitrogens with one attached hydrogen (secondary N) is 1. The standard InChI is InChI=1S/C27H24N4O3S/c32-25(28-22-11-10-19-7-4-8-21(19)14-22)16-35-27-30-29-26(20-5-2-1-3-6-20)31(27)15-18-9-12-23-24(13-18)34-17-33-23/h1-3,5-6,9-14H,4,7-8,15-17H2,(H,28,32). The molecular weight excluding hydrogens is 460 g/mol. The van der Waals surface area contributed by atoms with Crippen LogP contribution in [0.5, 0.6) is 11.5 Å². The molecule has 0 unspecified atom stereocenters. The lowest BCUT2D eigenvalue weighted by atomic mass is 10.1. The Bertz CT molecular complexity index is 1390. The highest BCUT2D eigenvalue weighted by molar-refractivity contribution is 7.99. The zero-order valence-electron chi connectivity index (χ0n) is 19.1. The van der Waals surface area contributed by atoms with Crippen molar-refractivity contribution >= 4 is 23.4 Å². The molecule has 176 valence electrons. The second kappa shape index (κ2) is 9.46. The van der Waals surface area contributed by atoms with Gasteiger partial charge in [0.15, 0.2) is 22.5 Å². The maximum atomic E-state index is 12.7. The fourth-order valence-electron chi connectivity index (χ4n) is 4.54. The Morgan fingerprint density at radius 1 is 0.943 bits per heavy atom. The van der Waals surface area contributed by atoms with E-state index in [0.29, 0.717) is 11.7 Å². The number of fused-ring (bicyclic) bond motifs is 2. The topological polar surface area (TPSA) is 78.3 Å². The number of carbonyl (C=O) groups excluding carboxylic acids is 1. The number of thioether (sulfide) groups is 1. The van der Waals surface area contributed by atoms with Gasteiger partial charge < -0.3 is 14.8 Å². The van der Waals surface area contributed by atoms with E-state index in [1.807, 2.05) is 59.2 Å². The molecule has 0 fully saturated rings. The molecule has 1 aliphatic heterocycles. The summed E-state index contributed by atoms with van der Waals surface area (Å²) in [6.07, 6.45) is 3.40. The van der Waals surface area contributed by atoms with Gasteiger partial charge in [0, 0.05) is 11.3 Å². The monoisotopic (exact) mass is 484 g/mol. The van der Waals surface area contributed by atoms with Gasteiger partial charge in [-0.25, -0.2) is 0 Å². The molecule has 3 aromatic carbocycles. The van der Waals surface area contributed by atoms with Crippen molar-refractivity contribution in [3.8, 4) is 22.9 Å². The smallest absolute Gasteiger partial charge is 0.234 e. The Hall–Kier alpha value is -3.78. The maximum Gasteiger partial charge on any atom is 0.234 e. The fraction of sp³-hybridized carbons (Fsp3) is 0.222. The van der Waals surface area contributed by atoms with Gasteiger partial charge in [0.1, 0.15) is 0 Å². The number of hydrogen-bond donors (Lipinski definition) is 1. The number of anilines is 1. The number of benzene rings is 3. The van der Waals surface area contributed by atoms with Crippen LogP contribution in [0, 0.1) is 0 Å². The minimum Gasteiger partial charge on any atom is -0.454 e. The number of nitrogens with zero attached hydrogens (tertiary/aromatic N) is 3. The maximum absolute atomic E-state index is 12.7. The molecule has 0 spiro atoms. The molecule has 8 heteroatoms. The third kappa shape index (κ3) is 4.61. The number of aromatic nitrogens is 3. The van der Waals surface area contributed by atoms with Crippen LogP contribution < -0.4 is 14.8 Å². The highest BCUT2D eigenvalue weighted by Crippen LogP contribution is 2.34. The molecule has 2 aliphatic rings. The van der Waals surface area contributed by atoms with Gasteiger partial charge in [0.2, 0.25) is 12.7 Å². The molecule has 4 aromatic rings. The average molecular weight is 485 g/mol. The first-order valence-corrected chi connectivity index (χ1v) is 12.6. The number of rotatable bonds is 7. The molecule has 0 saturated carbocycles. The summed E-state index contributed by atoms with van der Waals surface area (Å²) in [5.41, 5.74) is 5.59. The molecule has 0 radical (unpaired) electrons. The van der Waals surface area contributed by atoms with Gasteiger partial charge >= 0.3 is 0 Å². The average Bonchev–Trinajstić information content (AvgIpc) is 3.63. The van der Waals surface area contributed by atoms with Crippen molar-refractivity contribution < 1.29 is 14.3 Å². The first-order chi connectivity index (χ1) is 17.2. The highest BCUT2D eigenvalue weighted by Gasteiger charge is 2.19. The van der Waals surface area contributed by atoms with Crippen molar-refractivity contribution in [2.24, 2.45) is 0 Å². The molecule has 1 aliphatic carbocycles. The van der Waals surface area contributed by atoms with Crippen LogP contribution in [0.4, 0.5) is 5.69 Å². The lowest BCUT2D eigenvalue weighted by Crippen LogP contribution is -2.15. The van der Waals surface area contributed by atoms with Crippen molar-refractivity contribution in [3.63, 3.8) is 0 Å². The number of carbonyl (C=O) groups is 1. The quantitative estimate of drug-likeness (QED) is 0.374. The molecule has 2 heterocycles. The second-order valence-electron chi connectivity index (χ2n) is 8.62. The van der Waals surface area contributed by atoms with E-state index in [9.17, 15) is 4.79 Å². The van der Waals surface area contributed by atoms with Crippen molar-refractivity contribution in [3.05, 3.63) is 83.4 Å². The summed E-state index contributed by atoms with van der Waals surface area (Å²) in [6.45, 7) is 0.782. The SMILES string of the molecule is O=C(CSc1nnc(-c2ccccc2)n1Cc1ccc2c(c1)OCO2)Nc1ccc2c(c1)CCC2. The Balaban J connectivity index is 1.21. The van der Waals surface area contributed by atoms with Crippen LogP contribution in [-0.4, -0.2) is 33.2 Å². The molecule has 7 nitrogen and oxygen atoms in total. The zero-order chi connectivity index (χ0) is 23.6. The van der Waals surface area contributed by atoms with E-state index < -0.39 is 0 Å². The van der Waals surface area contributed by atoms with Gasteiger partial charge in [0.05, 0.1) is 12.3 Å². The summed E-state index contributed by atoms with van der Waals surface area (Å²) >= 11 is 1.38. The Morgan fingerprint density at radius 2 is 1.80 bits per heavy atom. The van der Waals surface area contributed by atoms with Gasteiger partial charge in [0.25, 0.3) is 0 Å². The summed E-state index contributed by atoms with van der Waals surface area (Å²) in [4.78, 5) is 12.7. The van der Waals surface area contributed by atoms with E-state index >= 15 is 0 Å². The third-order valence-corrected chi connectivity index (χ3v) is 7.21. The Labute approximate surface area is 207 Å². The molecule has 1 aromatic heterocycles. The molecule has 1 N–H and O–H groups in total. The number of aryl methyl sites for hydroxylation is 2. The van der Waals surface area contributed by atoms with Crippen molar-refractivity contribution in [2.45, 2.75) is 31.0 Å². The molecule has 0 saturated heterocycles. The summed E-state index contributed by atoms with van der Waals surface area (Å²) in [7, 11) is 0. The van der Waals surface area contributed by atoms with E-state index in [4.69, 9.17) is 9.47 Å². The van der Waals surface area contributed by atoms with E-state index in [-0.39, 0.29) is 18.5 Å². The van der Waals surface area contributed by atoms with E-state index in [1.165, 1.54) is 29.3 Å². The predicted molar refractivity (Wildman–Crippen MR) is 135 cm³/mol. The van der Waals surface area contributed by atoms with Crippen LogP contribution in [0.1, 0.15) is 23.1 Å². The lowest BCUT2D eigenvalue weighted by molar-refractivity contribution is -0.113. The van der Waals surface area contributed by atoms with E-state index in [2.05, 4.69) is 27.6 Å². The summed E-state index contributed by atoms with van der Waals surface area (Å²) < 4.78 is 13.0. The zero-order valence-corrected chi connectivity index (χ0v) is 19.9. The molecule has 6 rings (SSSR count). The van der Waals surface area contributed by atoms with Crippen LogP contribution in [0.2, 0.25) is 0 Å². The third-order valence-electron chi connectivity index (χ3n) is 6.24. The minimum atomic E-state index is -0.0631. The fourth-order valence-corrected chi connectivity index (χ4v) is 5.28. The summed E-state index contributed by atoms with van der Waals surface area (Å²) in [6, 6.07) is 22.1. The van der Waals surface area contributed by atoms with Gasteiger partial charge in [-0.15, -0.1) is 10.2 Å². The Kier molecular flexibility index (Phi) is 5.88. The Morgan fingerprint density at radius 3 is 2.71 bits per heavy atom. The van der Waals surface area contributed by atoms with Crippen molar-refractivity contribution in [2.75, 3.05) is 17.9 Å². The lowest BCUT2D eigenvalue weighted by Gasteiger charge is -2.11. The van der Waals surface area contributed by atoms with Crippen LogP contribution in [0.25, 0.3) is 11.4 Å². The molecular formula is C27H24N4O3S. The van der Waals surface area contributed by atoms with E-state index in [1.54, 1.807) is 0 Å². The number of hydrogen-bond acceptors (Lipinski definition) is 6.